The number of hydrogen-bond donors (Lipinski definition) is 17. The molecule has 17 N–H and O–H groups in total. The molecule has 6 heterocycles. The van der Waals surface area contributed by atoms with E-state index in [-0.39, 0.29) is 70.9 Å². The Morgan fingerprint density at radius 3 is 0.934 bits per heavy atom. The Balaban J connectivity index is -0.000000415. The Labute approximate surface area is 420 Å². The van der Waals surface area contributed by atoms with Gasteiger partial charge in [0, 0.05) is 39.3 Å². The molecule has 6 rings (SSSR count). The highest BCUT2D eigenvalue weighted by Gasteiger charge is 2.24. The van der Waals surface area contributed by atoms with Crippen molar-refractivity contribution in [3.63, 3.8) is 0 Å². The summed E-state index contributed by atoms with van der Waals surface area (Å²) in [4.78, 5) is 90.6. The van der Waals surface area contributed by atoms with Crippen molar-refractivity contribution < 1.29 is 64.0 Å². The summed E-state index contributed by atoms with van der Waals surface area (Å²) in [6.45, 7) is 6.86. The van der Waals surface area contributed by atoms with Gasteiger partial charge < -0.3 is 73.4 Å². The van der Waals surface area contributed by atoms with Crippen molar-refractivity contribution in [2.45, 2.75) is 0 Å². The Bertz CT molecular complexity index is 2090. The largest absolute Gasteiger partial charge is 1.00 e. The molecule has 6 aliphatic rings. The highest BCUT2D eigenvalue weighted by molar-refractivity contribution is 6.42. The van der Waals surface area contributed by atoms with Gasteiger partial charge in [-0.15, -0.1) is 50.1 Å². The first-order valence-electron chi connectivity index (χ1n) is 19.1. The number of nitroso groups, excluding NO2 is 6. The first-order valence-corrected chi connectivity index (χ1v) is 19.1. The molecular formula is C24H43N32O20-. The van der Waals surface area contributed by atoms with Crippen LogP contribution in [0, 0.1) is 61.5 Å². The number of amidine groups is 12. The summed E-state index contributed by atoms with van der Waals surface area (Å²) in [5.74, 6) is -0.592. The number of nitrogens with one attached hydrogen (secondary N) is 12. The number of hydrogen-bond acceptors (Lipinski definition) is 46. The number of nitrogens with zero attached hydrogens (tertiary/aromatic N) is 20. The van der Waals surface area contributed by atoms with Crippen LogP contribution in [0.15, 0.2) is 91.9 Å². The molecule has 420 valence electrons. The monoisotopic (exact) mass is 1100 g/mol. The third kappa shape index (κ3) is 27.1. The van der Waals surface area contributed by atoms with E-state index < -0.39 is 11.7 Å². The first-order chi connectivity index (χ1) is 37.1. The molecular weight excluding hydrogens is 1060 g/mol. The number of hydrazone groups is 4. The van der Waals surface area contributed by atoms with Gasteiger partial charge in [-0.05, 0) is 20.7 Å². The predicted molar refractivity (Wildman–Crippen MR) is 251 cm³/mol. The van der Waals surface area contributed by atoms with Crippen molar-refractivity contribution in [1.82, 2.24) is 54.3 Å². The minimum absolute atomic E-state index is 0. The van der Waals surface area contributed by atoms with Crippen molar-refractivity contribution in [2.75, 3.05) is 78.5 Å². The maximum atomic E-state index is 10.8. The van der Waals surface area contributed by atoms with Gasteiger partial charge in [0.2, 0.25) is 11.7 Å². The molecule has 0 saturated carbocycles. The number of aliphatic imine (C=N–C) groups is 6. The lowest BCUT2D eigenvalue weighted by Gasteiger charge is -2.06. The van der Waals surface area contributed by atoms with Crippen LogP contribution in [0.2, 0.25) is 0 Å². The summed E-state index contributed by atoms with van der Waals surface area (Å²) in [5.41, 5.74) is 15.5. The van der Waals surface area contributed by atoms with E-state index in [0.29, 0.717) is 78.5 Å². The van der Waals surface area contributed by atoms with E-state index in [4.69, 9.17) is 36.0 Å². The van der Waals surface area contributed by atoms with Crippen molar-refractivity contribution in [2.24, 2.45) is 91.9 Å². The van der Waals surface area contributed by atoms with Crippen LogP contribution in [-0.4, -0.2) is 184 Å². The normalized spacial score (nSPS) is 16.6. The van der Waals surface area contributed by atoms with Gasteiger partial charge in [0.1, 0.15) is 0 Å². The third-order valence-corrected chi connectivity index (χ3v) is 7.13. The number of oxime groups is 2. The van der Waals surface area contributed by atoms with Gasteiger partial charge in [-0.25, -0.2) is 15.8 Å². The van der Waals surface area contributed by atoms with E-state index >= 15 is 0 Å². The van der Waals surface area contributed by atoms with E-state index in [1.807, 2.05) is 0 Å². The van der Waals surface area contributed by atoms with Crippen LogP contribution in [0.25, 0.3) is 0 Å². The van der Waals surface area contributed by atoms with Gasteiger partial charge in [0.05, 0.1) is 49.5 Å². The third-order valence-electron chi connectivity index (χ3n) is 7.13. The van der Waals surface area contributed by atoms with Gasteiger partial charge in [-0.2, -0.15) is 21.0 Å². The van der Waals surface area contributed by atoms with Crippen LogP contribution < -0.4 is 59.5 Å². The standard InChI is InChI=1S/2C4H8N6O4.2C4H7N5O3.2C4H6N4O2.2HNO/c2*11-9-10(12)4(7-8-14-13)3-5-1-2-6-3;2*10-8-4(7-9-12-11)3-5-1-2-6-3;2*9-7-4(8-10)3-5-1-2-6-3;2*1-2/h2*8,11,13H,1-2H2,(H,5,6);2*9,11H,1-2H2,(H,5,6);2*9H,1-2H2,(H,5,6);2*1H/p-1/b7-4?,10-9-;;;;7-4-;;;. The topological polar surface area (TPSA) is 752 Å². The van der Waals surface area contributed by atoms with E-state index in [0.717, 1.165) is 0 Å². The van der Waals surface area contributed by atoms with E-state index in [9.17, 15) is 45.7 Å². The highest BCUT2D eigenvalue weighted by atomic mass is 17.2. The van der Waals surface area contributed by atoms with Crippen LogP contribution in [0.5, 0.6) is 0 Å². The van der Waals surface area contributed by atoms with Gasteiger partial charge in [0.25, 0.3) is 23.3 Å². The Morgan fingerprint density at radius 1 is 0.474 bits per heavy atom. The fourth-order valence-electron chi connectivity index (χ4n) is 4.44. The molecule has 0 amide bonds. The Morgan fingerprint density at radius 2 is 0.724 bits per heavy atom. The summed E-state index contributed by atoms with van der Waals surface area (Å²) >= 11 is 0. The highest BCUT2D eigenvalue weighted by Crippen LogP contribution is 1.95. The van der Waals surface area contributed by atoms with Crippen molar-refractivity contribution in [3.05, 3.63) is 50.3 Å². The summed E-state index contributed by atoms with van der Waals surface area (Å²) in [7, 11) is 0. The van der Waals surface area contributed by atoms with Crippen LogP contribution in [0.1, 0.15) is 2.85 Å². The van der Waals surface area contributed by atoms with E-state index in [1.54, 1.807) is 22.4 Å². The summed E-state index contributed by atoms with van der Waals surface area (Å²) in [6, 6.07) is 0. The van der Waals surface area contributed by atoms with Gasteiger partial charge >= 0.3 is 14.5 Å². The smallest absolute Gasteiger partial charge is 0.758 e. The molecule has 0 bridgehead atoms. The molecule has 6 aliphatic heterocycles. The average molecular weight is 1100 g/mol. The fourth-order valence-corrected chi connectivity index (χ4v) is 4.44. The van der Waals surface area contributed by atoms with Crippen LogP contribution >= 0.6 is 0 Å². The van der Waals surface area contributed by atoms with E-state index in [1.165, 1.54) is 0 Å². The predicted octanol–water partition coefficient (Wildman–Crippen LogP) is -5.59. The lowest BCUT2D eigenvalue weighted by molar-refractivity contribution is -0.711. The number of rotatable bonds is 14. The van der Waals surface area contributed by atoms with Crippen LogP contribution in [0.3, 0.4) is 0 Å². The minimum Gasteiger partial charge on any atom is -0.758 e. The molecule has 0 unspecified atom stereocenters. The molecule has 52 nitrogen and oxygen atoms in total. The van der Waals surface area contributed by atoms with Gasteiger partial charge in [-0.1, -0.05) is 47.6 Å². The lowest BCUT2D eigenvalue weighted by Crippen LogP contribution is -2.34. The maximum Gasteiger partial charge on any atom is 1.00 e. The van der Waals surface area contributed by atoms with Gasteiger partial charge in [0.15, 0.2) is 23.3 Å². The summed E-state index contributed by atoms with van der Waals surface area (Å²) in [6.07, 6.45) is 0. The zero-order valence-electron chi connectivity index (χ0n) is 39.8. The molecule has 0 aromatic rings. The van der Waals surface area contributed by atoms with Crippen molar-refractivity contribution >= 4 is 70.0 Å². The fraction of sp³-hybridized carbons (Fsp3) is 0.500. The number of hydroxylamine groups is 2. The molecule has 0 aromatic carbocycles. The van der Waals surface area contributed by atoms with Crippen LogP contribution in [0.4, 0.5) is 0 Å². The Hall–Kier alpha value is -10.7. The second-order valence-corrected chi connectivity index (χ2v) is 11.3. The molecule has 0 spiro atoms. The summed E-state index contributed by atoms with van der Waals surface area (Å²) in [5, 5.41) is 140. The quantitative estimate of drug-likeness (QED) is 0.0113. The SMILES string of the molecule is N=O.N=O.O=N/C(=N\O)C1=NCCN1.O=NC(=NNOO)C1=NCCN1.O=NC(=NNO[O-])C1=NCCN1.O=NC(=NO)C1=NCCN1.[H+].[H+].[O-]/N=[N+](\[O-])C(=NNOO)C1=NCCN1.[O-]N=[N+]([O-])C(=NNOO)C1=NCCN1. The molecule has 52 heteroatoms. The summed E-state index contributed by atoms with van der Waals surface area (Å²) < 4.78 is 0. The molecule has 76 heavy (non-hydrogen) atoms. The van der Waals surface area contributed by atoms with Crippen molar-refractivity contribution in [3.8, 4) is 0 Å². The maximum absolute atomic E-state index is 10.8. The lowest BCUT2D eigenvalue weighted by atomic mass is 10.5. The Kier molecular flexibility index (Phi) is 40.3. The molecule has 0 saturated heterocycles. The second kappa shape index (κ2) is 45.5. The molecule has 0 fully saturated rings. The molecule has 0 aliphatic carbocycles. The molecule has 0 radical (unpaired) electrons. The molecule has 0 atom stereocenters. The first kappa shape index (κ1) is 67.4. The van der Waals surface area contributed by atoms with Crippen molar-refractivity contribution in [1.29, 1.82) is 11.2 Å². The second-order valence-electron chi connectivity index (χ2n) is 11.3. The van der Waals surface area contributed by atoms with E-state index in [2.05, 4.69) is 155 Å². The molecule has 0 aromatic heterocycles. The average Bonchev–Trinajstić information content (AvgIpc) is 4.32. The van der Waals surface area contributed by atoms with Crippen LogP contribution in [-0.2, 0) is 20.0 Å². The zero-order chi connectivity index (χ0) is 57.2. The minimum atomic E-state index is -0.424. The van der Waals surface area contributed by atoms with Gasteiger partial charge in [-0.3, -0.25) is 30.0 Å². The zero-order valence-corrected chi connectivity index (χ0v) is 37.8.